The number of ether oxygens (including phenoxy) is 1. The molecular formula is C22H21N3O3S. The van der Waals surface area contributed by atoms with E-state index < -0.39 is 6.04 Å². The molecule has 1 saturated heterocycles. The number of amides is 2. The van der Waals surface area contributed by atoms with Gasteiger partial charge in [0.2, 0.25) is 5.91 Å². The van der Waals surface area contributed by atoms with Crippen LogP contribution >= 0.6 is 11.3 Å². The van der Waals surface area contributed by atoms with Crippen LogP contribution in [0.5, 0.6) is 5.75 Å². The summed E-state index contributed by atoms with van der Waals surface area (Å²) in [5, 5.41) is 4.80. The molecule has 6 nitrogen and oxygen atoms in total. The summed E-state index contributed by atoms with van der Waals surface area (Å²) < 4.78 is 5.79. The van der Waals surface area contributed by atoms with Gasteiger partial charge in [0.1, 0.15) is 18.4 Å². The molecule has 0 radical (unpaired) electrons. The van der Waals surface area contributed by atoms with Crippen LogP contribution in [0.15, 0.2) is 66.3 Å². The Balaban J connectivity index is 1.39. The molecule has 1 aliphatic rings. The van der Waals surface area contributed by atoms with Crippen molar-refractivity contribution >= 4 is 28.8 Å². The normalized spacial score (nSPS) is 15.9. The molecule has 3 heterocycles. The highest BCUT2D eigenvalue weighted by Gasteiger charge is 2.34. The fourth-order valence-electron chi connectivity index (χ4n) is 3.36. The van der Waals surface area contributed by atoms with Crippen LogP contribution in [0.25, 0.3) is 0 Å². The molecule has 3 aromatic rings. The van der Waals surface area contributed by atoms with E-state index in [9.17, 15) is 9.59 Å². The molecule has 0 saturated carbocycles. The highest BCUT2D eigenvalue weighted by Crippen LogP contribution is 2.24. The van der Waals surface area contributed by atoms with Gasteiger partial charge >= 0.3 is 0 Å². The zero-order valence-corrected chi connectivity index (χ0v) is 16.6. The first-order valence-electron chi connectivity index (χ1n) is 9.48. The first-order chi connectivity index (χ1) is 14.2. The molecule has 1 N–H and O–H groups in total. The van der Waals surface area contributed by atoms with E-state index in [4.69, 9.17) is 4.74 Å². The van der Waals surface area contributed by atoms with E-state index in [2.05, 4.69) is 10.3 Å². The quantitative estimate of drug-likeness (QED) is 0.671. The maximum Gasteiger partial charge on any atom is 0.264 e. The predicted octanol–water partition coefficient (Wildman–Crippen LogP) is 3.97. The number of carbonyl (C=O) groups excluding carboxylic acids is 2. The van der Waals surface area contributed by atoms with Crippen molar-refractivity contribution in [1.29, 1.82) is 0 Å². The second kappa shape index (κ2) is 8.87. The number of carbonyl (C=O) groups is 2. The van der Waals surface area contributed by atoms with Gasteiger partial charge in [-0.05, 0) is 42.5 Å². The van der Waals surface area contributed by atoms with Crippen molar-refractivity contribution in [3.8, 4) is 5.75 Å². The monoisotopic (exact) mass is 407 g/mol. The van der Waals surface area contributed by atoms with Crippen molar-refractivity contribution in [3.05, 3.63) is 76.7 Å². The third-order valence-corrected chi connectivity index (χ3v) is 5.64. The zero-order chi connectivity index (χ0) is 20.1. The molecular weight excluding hydrogens is 386 g/mol. The second-order valence-corrected chi connectivity index (χ2v) is 7.75. The number of pyridine rings is 1. The molecule has 0 aliphatic carbocycles. The van der Waals surface area contributed by atoms with Crippen molar-refractivity contribution in [3.63, 3.8) is 0 Å². The summed E-state index contributed by atoms with van der Waals surface area (Å²) in [4.78, 5) is 31.9. The predicted molar refractivity (Wildman–Crippen MR) is 112 cm³/mol. The maximum absolute atomic E-state index is 12.8. The number of rotatable bonds is 6. The lowest BCUT2D eigenvalue weighted by molar-refractivity contribution is -0.119. The SMILES string of the molecule is O=C(Nc1cccc(OCc2cccnc2)c1)[C@@H]1CCCN1C(=O)c1cccs1. The molecule has 1 atom stereocenters. The van der Waals surface area contributed by atoms with Crippen LogP contribution in [0.3, 0.4) is 0 Å². The minimum Gasteiger partial charge on any atom is -0.489 e. The highest BCUT2D eigenvalue weighted by atomic mass is 32.1. The van der Waals surface area contributed by atoms with Gasteiger partial charge in [-0.2, -0.15) is 0 Å². The Morgan fingerprint density at radius 2 is 2.14 bits per heavy atom. The van der Waals surface area contributed by atoms with Gasteiger partial charge in [-0.25, -0.2) is 0 Å². The topological polar surface area (TPSA) is 71.5 Å². The Labute approximate surface area is 173 Å². The number of nitrogens with one attached hydrogen (secondary N) is 1. The molecule has 29 heavy (non-hydrogen) atoms. The van der Waals surface area contributed by atoms with Crippen LogP contribution in [-0.2, 0) is 11.4 Å². The van der Waals surface area contributed by atoms with Crippen LogP contribution in [0, 0.1) is 0 Å². The molecule has 148 valence electrons. The molecule has 2 amide bonds. The number of likely N-dealkylation sites (tertiary alicyclic amines) is 1. The third-order valence-electron chi connectivity index (χ3n) is 4.78. The Morgan fingerprint density at radius 3 is 2.93 bits per heavy atom. The summed E-state index contributed by atoms with van der Waals surface area (Å²) in [6.07, 6.45) is 4.96. The summed E-state index contributed by atoms with van der Waals surface area (Å²) >= 11 is 1.40. The van der Waals surface area contributed by atoms with Crippen LogP contribution in [0.4, 0.5) is 5.69 Å². The first-order valence-corrected chi connectivity index (χ1v) is 10.4. The third kappa shape index (κ3) is 4.63. The number of anilines is 1. The molecule has 1 fully saturated rings. The van der Waals surface area contributed by atoms with Gasteiger partial charge in [0.25, 0.3) is 5.91 Å². The van der Waals surface area contributed by atoms with Gasteiger partial charge in [0.15, 0.2) is 0 Å². The van der Waals surface area contributed by atoms with Crippen molar-refractivity contribution in [2.45, 2.75) is 25.5 Å². The first kappa shape index (κ1) is 19.1. The number of nitrogens with zero attached hydrogens (tertiary/aromatic N) is 2. The van der Waals surface area contributed by atoms with E-state index >= 15 is 0 Å². The van der Waals surface area contributed by atoms with Gasteiger partial charge in [-0.3, -0.25) is 14.6 Å². The van der Waals surface area contributed by atoms with Gasteiger partial charge in [0.05, 0.1) is 4.88 Å². The minimum atomic E-state index is -0.454. The van der Waals surface area contributed by atoms with Crippen molar-refractivity contribution < 1.29 is 14.3 Å². The van der Waals surface area contributed by atoms with E-state index in [1.54, 1.807) is 29.4 Å². The van der Waals surface area contributed by atoms with Crippen LogP contribution in [0.2, 0.25) is 0 Å². The molecule has 1 aromatic carbocycles. The zero-order valence-electron chi connectivity index (χ0n) is 15.8. The summed E-state index contributed by atoms with van der Waals surface area (Å²) in [5.74, 6) is 0.410. The Morgan fingerprint density at radius 1 is 1.21 bits per heavy atom. The smallest absolute Gasteiger partial charge is 0.264 e. The van der Waals surface area contributed by atoms with Crippen molar-refractivity contribution in [2.75, 3.05) is 11.9 Å². The van der Waals surface area contributed by atoms with Crippen LogP contribution in [0.1, 0.15) is 28.1 Å². The van der Waals surface area contributed by atoms with E-state index in [0.717, 1.165) is 12.0 Å². The lowest BCUT2D eigenvalue weighted by atomic mass is 10.2. The fourth-order valence-corrected chi connectivity index (χ4v) is 4.04. The Bertz CT molecular complexity index is 976. The number of hydrogen-bond acceptors (Lipinski definition) is 5. The summed E-state index contributed by atoms with van der Waals surface area (Å²) in [6, 6.07) is 14.3. The molecule has 7 heteroatoms. The second-order valence-electron chi connectivity index (χ2n) is 6.80. The van der Waals surface area contributed by atoms with Gasteiger partial charge in [0, 0.05) is 36.3 Å². The van der Waals surface area contributed by atoms with Crippen LogP contribution in [-0.4, -0.2) is 34.3 Å². The molecule has 0 unspecified atom stereocenters. The largest absolute Gasteiger partial charge is 0.489 e. The van der Waals surface area contributed by atoms with E-state index in [-0.39, 0.29) is 11.8 Å². The minimum absolute atomic E-state index is 0.0776. The van der Waals surface area contributed by atoms with Crippen molar-refractivity contribution in [2.24, 2.45) is 0 Å². The lowest BCUT2D eigenvalue weighted by Crippen LogP contribution is -2.42. The van der Waals surface area contributed by atoms with Crippen LogP contribution < -0.4 is 10.1 Å². The Kier molecular flexibility index (Phi) is 5.86. The molecule has 0 bridgehead atoms. The Hall–Kier alpha value is -3.19. The summed E-state index contributed by atoms with van der Waals surface area (Å²) in [5.41, 5.74) is 1.62. The lowest BCUT2D eigenvalue weighted by Gasteiger charge is -2.23. The molecule has 0 spiro atoms. The number of benzene rings is 1. The molecule has 1 aliphatic heterocycles. The average Bonchev–Trinajstić information content (AvgIpc) is 3.45. The standard InChI is InChI=1S/C22H21N3O3S/c26-21(19-8-3-11-25(19)22(27)20-9-4-12-29-20)24-17-6-1-7-18(13-17)28-15-16-5-2-10-23-14-16/h1-2,4-7,9-10,12-14,19H,3,8,11,15H2,(H,24,26)/t19-/m0/s1. The fraction of sp³-hybridized carbons (Fsp3) is 0.227. The average molecular weight is 407 g/mol. The van der Waals surface area contributed by atoms with E-state index in [1.165, 1.54) is 11.3 Å². The summed E-state index contributed by atoms with van der Waals surface area (Å²) in [6.45, 7) is 1.00. The molecule has 2 aromatic heterocycles. The van der Waals surface area contributed by atoms with E-state index in [1.807, 2.05) is 41.8 Å². The summed E-state index contributed by atoms with van der Waals surface area (Å²) in [7, 11) is 0. The maximum atomic E-state index is 12.8. The van der Waals surface area contributed by atoms with Gasteiger partial charge in [-0.1, -0.05) is 18.2 Å². The van der Waals surface area contributed by atoms with Gasteiger partial charge < -0.3 is 15.0 Å². The highest BCUT2D eigenvalue weighted by molar-refractivity contribution is 7.12. The molecule has 4 rings (SSSR count). The number of hydrogen-bond donors (Lipinski definition) is 1. The van der Waals surface area contributed by atoms with E-state index in [0.29, 0.717) is 35.9 Å². The number of thiophene rings is 1. The van der Waals surface area contributed by atoms with Gasteiger partial charge in [-0.15, -0.1) is 11.3 Å². The van der Waals surface area contributed by atoms with Crippen molar-refractivity contribution in [1.82, 2.24) is 9.88 Å². The number of aromatic nitrogens is 1.